The van der Waals surface area contributed by atoms with Crippen LogP contribution in [0, 0.1) is 13.8 Å². The maximum absolute atomic E-state index is 6.11. The first kappa shape index (κ1) is 12.9. The summed E-state index contributed by atoms with van der Waals surface area (Å²) in [5, 5.41) is 3.40. The standard InChI is InChI=1S/C14H20BrNO/c1-8-6-11-12(9(2)13(8)15)10(16-5)7-14(3,4)17-11/h6,10,16H,7H2,1-5H3. The normalized spacial score (nSPS) is 21.9. The van der Waals surface area contributed by atoms with E-state index in [0.29, 0.717) is 6.04 Å². The molecular formula is C14H20BrNO. The topological polar surface area (TPSA) is 21.3 Å². The van der Waals surface area contributed by atoms with Gasteiger partial charge in [0.15, 0.2) is 0 Å². The van der Waals surface area contributed by atoms with E-state index in [1.165, 1.54) is 21.2 Å². The zero-order chi connectivity index (χ0) is 12.8. The van der Waals surface area contributed by atoms with E-state index in [1.807, 2.05) is 7.05 Å². The predicted molar refractivity (Wildman–Crippen MR) is 74.7 cm³/mol. The number of rotatable bonds is 1. The highest BCUT2D eigenvalue weighted by Gasteiger charge is 2.34. The van der Waals surface area contributed by atoms with Crippen LogP contribution in [0.25, 0.3) is 0 Å². The number of fused-ring (bicyclic) bond motifs is 1. The minimum absolute atomic E-state index is 0.104. The molecule has 0 spiro atoms. The van der Waals surface area contributed by atoms with Gasteiger partial charge in [-0.15, -0.1) is 0 Å². The van der Waals surface area contributed by atoms with Gasteiger partial charge in [-0.2, -0.15) is 0 Å². The molecule has 1 aliphatic heterocycles. The molecule has 0 fully saturated rings. The molecule has 3 heteroatoms. The number of ether oxygens (including phenoxy) is 1. The Morgan fingerprint density at radius 2 is 2.06 bits per heavy atom. The molecule has 2 nitrogen and oxygen atoms in total. The van der Waals surface area contributed by atoms with Gasteiger partial charge in [-0.3, -0.25) is 0 Å². The van der Waals surface area contributed by atoms with Crippen LogP contribution in [0.4, 0.5) is 0 Å². The first-order valence-electron chi connectivity index (χ1n) is 6.01. The Balaban J connectivity index is 2.61. The molecule has 0 aliphatic carbocycles. The molecule has 0 bridgehead atoms. The quantitative estimate of drug-likeness (QED) is 0.849. The number of benzene rings is 1. The fraction of sp³-hybridized carbons (Fsp3) is 0.571. The van der Waals surface area contributed by atoms with Crippen molar-refractivity contribution in [1.82, 2.24) is 5.32 Å². The summed E-state index contributed by atoms with van der Waals surface area (Å²) in [6, 6.07) is 2.50. The van der Waals surface area contributed by atoms with Crippen molar-refractivity contribution >= 4 is 15.9 Å². The number of aryl methyl sites for hydroxylation is 1. The maximum atomic E-state index is 6.11. The second-order valence-corrected chi connectivity index (χ2v) is 6.24. The average molecular weight is 298 g/mol. The van der Waals surface area contributed by atoms with Crippen molar-refractivity contribution < 1.29 is 4.74 Å². The lowest BCUT2D eigenvalue weighted by molar-refractivity contribution is 0.0671. The first-order chi connectivity index (χ1) is 7.85. The number of nitrogens with one attached hydrogen (secondary N) is 1. The third kappa shape index (κ3) is 2.23. The zero-order valence-corrected chi connectivity index (χ0v) is 12.7. The Labute approximate surface area is 112 Å². The molecule has 0 aromatic heterocycles. The molecule has 0 saturated carbocycles. The van der Waals surface area contributed by atoms with Crippen molar-refractivity contribution in [3.8, 4) is 5.75 Å². The van der Waals surface area contributed by atoms with Crippen molar-refractivity contribution in [2.24, 2.45) is 0 Å². The van der Waals surface area contributed by atoms with Crippen LogP contribution >= 0.6 is 15.9 Å². The molecule has 17 heavy (non-hydrogen) atoms. The van der Waals surface area contributed by atoms with Crippen molar-refractivity contribution in [1.29, 1.82) is 0 Å². The zero-order valence-electron chi connectivity index (χ0n) is 11.1. The monoisotopic (exact) mass is 297 g/mol. The van der Waals surface area contributed by atoms with Gasteiger partial charge in [0.25, 0.3) is 0 Å². The molecule has 1 heterocycles. The first-order valence-corrected chi connectivity index (χ1v) is 6.81. The van der Waals surface area contributed by atoms with Crippen molar-refractivity contribution in [3.63, 3.8) is 0 Å². The minimum Gasteiger partial charge on any atom is -0.487 e. The highest BCUT2D eigenvalue weighted by molar-refractivity contribution is 9.10. The number of hydrogen-bond donors (Lipinski definition) is 1. The van der Waals surface area contributed by atoms with Crippen LogP contribution in [-0.2, 0) is 0 Å². The van der Waals surface area contributed by atoms with Crippen LogP contribution in [0.3, 0.4) is 0 Å². The maximum Gasteiger partial charge on any atom is 0.125 e. The Bertz CT molecular complexity index is 454. The Morgan fingerprint density at radius 1 is 1.41 bits per heavy atom. The van der Waals surface area contributed by atoms with Gasteiger partial charge in [0, 0.05) is 22.5 Å². The molecule has 94 valence electrons. The summed E-state index contributed by atoms with van der Waals surface area (Å²) in [6.07, 6.45) is 0.993. The van der Waals surface area contributed by atoms with E-state index in [1.54, 1.807) is 0 Å². The summed E-state index contributed by atoms with van der Waals surface area (Å²) in [4.78, 5) is 0. The molecular weight excluding hydrogens is 278 g/mol. The van der Waals surface area contributed by atoms with E-state index >= 15 is 0 Å². The van der Waals surface area contributed by atoms with Crippen molar-refractivity contribution in [2.45, 2.75) is 45.8 Å². The van der Waals surface area contributed by atoms with E-state index in [2.05, 4.69) is 55.0 Å². The van der Waals surface area contributed by atoms with Crippen molar-refractivity contribution in [2.75, 3.05) is 7.05 Å². The van der Waals surface area contributed by atoms with Crippen LogP contribution in [0.15, 0.2) is 10.5 Å². The van der Waals surface area contributed by atoms with Crippen LogP contribution in [0.2, 0.25) is 0 Å². The Morgan fingerprint density at radius 3 is 2.65 bits per heavy atom. The summed E-state index contributed by atoms with van der Waals surface area (Å²) in [5.41, 5.74) is 3.71. The van der Waals surface area contributed by atoms with E-state index in [0.717, 1.165) is 12.2 Å². The number of hydrogen-bond acceptors (Lipinski definition) is 2. The summed E-state index contributed by atoms with van der Waals surface area (Å²) < 4.78 is 7.30. The number of halogens is 1. The third-order valence-corrected chi connectivity index (χ3v) is 4.69. The van der Waals surface area contributed by atoms with Gasteiger partial charge in [0.05, 0.1) is 0 Å². The fourth-order valence-electron chi connectivity index (χ4n) is 2.63. The highest BCUT2D eigenvalue weighted by atomic mass is 79.9. The van der Waals surface area contributed by atoms with Gasteiger partial charge in [-0.1, -0.05) is 15.9 Å². The van der Waals surface area contributed by atoms with Gasteiger partial charge in [0.1, 0.15) is 11.4 Å². The Kier molecular flexibility index (Phi) is 3.25. The SMILES string of the molecule is CNC1CC(C)(C)Oc2cc(C)c(Br)c(C)c21. The van der Waals surface area contributed by atoms with Gasteiger partial charge in [-0.25, -0.2) is 0 Å². The van der Waals surface area contributed by atoms with E-state index in [-0.39, 0.29) is 5.60 Å². The van der Waals surface area contributed by atoms with Crippen molar-refractivity contribution in [3.05, 3.63) is 27.2 Å². The molecule has 1 unspecified atom stereocenters. The fourth-order valence-corrected chi connectivity index (χ4v) is 2.96. The average Bonchev–Trinajstić information content (AvgIpc) is 2.23. The third-order valence-electron chi connectivity index (χ3n) is 3.47. The van der Waals surface area contributed by atoms with Crippen LogP contribution < -0.4 is 10.1 Å². The van der Waals surface area contributed by atoms with Crippen LogP contribution in [0.1, 0.15) is 43.0 Å². The molecule has 1 N–H and O–H groups in total. The van der Waals surface area contributed by atoms with E-state index < -0.39 is 0 Å². The summed E-state index contributed by atoms with van der Waals surface area (Å²) in [5.74, 6) is 1.03. The second kappa shape index (κ2) is 4.29. The van der Waals surface area contributed by atoms with E-state index in [4.69, 9.17) is 4.74 Å². The van der Waals surface area contributed by atoms with Gasteiger partial charge < -0.3 is 10.1 Å². The second-order valence-electron chi connectivity index (χ2n) is 5.45. The molecule has 2 rings (SSSR count). The molecule has 0 amide bonds. The van der Waals surface area contributed by atoms with Gasteiger partial charge in [0.2, 0.25) is 0 Å². The smallest absolute Gasteiger partial charge is 0.125 e. The lowest BCUT2D eigenvalue weighted by Crippen LogP contribution is -2.39. The molecule has 1 aromatic rings. The van der Waals surface area contributed by atoms with Gasteiger partial charge in [-0.05, 0) is 51.9 Å². The van der Waals surface area contributed by atoms with Crippen LogP contribution in [0.5, 0.6) is 5.75 Å². The molecule has 0 saturated heterocycles. The largest absolute Gasteiger partial charge is 0.487 e. The summed E-state index contributed by atoms with van der Waals surface area (Å²) in [6.45, 7) is 8.55. The molecule has 0 radical (unpaired) electrons. The predicted octanol–water partition coefficient (Wildman–Crippen LogP) is 3.89. The summed E-state index contributed by atoms with van der Waals surface area (Å²) >= 11 is 3.66. The molecule has 1 atom stereocenters. The van der Waals surface area contributed by atoms with E-state index in [9.17, 15) is 0 Å². The lowest BCUT2D eigenvalue weighted by Gasteiger charge is -2.39. The Hall–Kier alpha value is -0.540. The lowest BCUT2D eigenvalue weighted by atomic mass is 9.87. The molecule has 1 aliphatic rings. The minimum atomic E-state index is -0.104. The van der Waals surface area contributed by atoms with Gasteiger partial charge >= 0.3 is 0 Å². The summed E-state index contributed by atoms with van der Waals surface area (Å²) in [7, 11) is 2.02. The molecule has 1 aromatic carbocycles. The van der Waals surface area contributed by atoms with Crippen LogP contribution in [-0.4, -0.2) is 12.6 Å². The highest BCUT2D eigenvalue weighted by Crippen LogP contribution is 2.44.